The molecule has 0 fully saturated rings. The molecule has 0 unspecified atom stereocenters. The number of carbonyl (C=O) groups excluding carboxylic acids is 1. The number of anilines is 2. The van der Waals surface area contributed by atoms with Crippen LogP contribution in [0.1, 0.15) is 28.2 Å². The highest BCUT2D eigenvalue weighted by Gasteiger charge is 2.25. The molecule has 1 atom stereocenters. The number of carboxylic acids is 1. The van der Waals surface area contributed by atoms with Gasteiger partial charge in [-0.05, 0) is 67.2 Å². The Kier molecular flexibility index (Phi) is 9.97. The molecule has 0 aliphatic rings. The Morgan fingerprint density at radius 3 is 2.69 bits per heavy atom. The number of rotatable bonds is 15. The van der Waals surface area contributed by atoms with Gasteiger partial charge in [0, 0.05) is 12.7 Å². The van der Waals surface area contributed by atoms with Crippen molar-refractivity contribution in [3.8, 4) is 11.5 Å². The van der Waals surface area contributed by atoms with Crippen LogP contribution in [0.15, 0.2) is 69.5 Å². The van der Waals surface area contributed by atoms with Crippen LogP contribution < -0.4 is 32.1 Å². The molecule has 0 aliphatic heterocycles. The van der Waals surface area contributed by atoms with E-state index in [1.54, 1.807) is 36.2 Å². The van der Waals surface area contributed by atoms with Crippen molar-refractivity contribution in [2.24, 2.45) is 18.5 Å². The molecule has 1 aromatic carbocycles. The smallest absolute Gasteiger partial charge is 0.326 e. The molecule has 4 rings (SSSR count). The van der Waals surface area contributed by atoms with Gasteiger partial charge in [0.15, 0.2) is 5.76 Å². The Morgan fingerprint density at radius 2 is 1.98 bits per heavy atom. The molecule has 16 heteroatoms. The molecule has 4 aromatic rings. The minimum atomic E-state index is -4.09. The number of aliphatic carboxylic acids is 1. The third kappa shape index (κ3) is 7.95. The fourth-order valence-electron chi connectivity index (χ4n) is 4.06. The molecular formula is C26H32N8O6S2. The molecule has 3 heterocycles. The summed E-state index contributed by atoms with van der Waals surface area (Å²) in [4.78, 5) is 24.6. The highest BCUT2D eigenvalue weighted by molar-refractivity contribution is 7.92. The number of hydrogen-bond donors (Lipinski definition) is 7. The van der Waals surface area contributed by atoms with Crippen LogP contribution in [0.25, 0.3) is 11.5 Å². The van der Waals surface area contributed by atoms with Crippen molar-refractivity contribution >= 4 is 44.6 Å². The van der Waals surface area contributed by atoms with Gasteiger partial charge in [-0.25, -0.2) is 13.2 Å². The SMILES string of the molecule is Cn1nc(CNc2cccc(S(=O)(=O)Nc3ccsc3C(=O)N[C@@H](CCCNC(N)N)C(=O)O)c2)cc1-c1ccco1. The first kappa shape index (κ1) is 30.7. The van der Waals surface area contributed by atoms with Crippen molar-refractivity contribution in [3.63, 3.8) is 0 Å². The summed E-state index contributed by atoms with van der Waals surface area (Å²) in [5.41, 5.74) is 12.9. The fourth-order valence-corrected chi connectivity index (χ4v) is 5.99. The lowest BCUT2D eigenvalue weighted by atomic mass is 10.1. The number of thiophene rings is 1. The van der Waals surface area contributed by atoms with Crippen LogP contribution in [0.3, 0.4) is 0 Å². The van der Waals surface area contributed by atoms with E-state index < -0.39 is 34.2 Å². The van der Waals surface area contributed by atoms with Crippen molar-refractivity contribution in [2.45, 2.75) is 36.6 Å². The van der Waals surface area contributed by atoms with Crippen LogP contribution in [0.2, 0.25) is 0 Å². The van der Waals surface area contributed by atoms with E-state index in [-0.39, 0.29) is 21.9 Å². The van der Waals surface area contributed by atoms with Gasteiger partial charge in [-0.2, -0.15) is 5.10 Å². The number of carboxylic acid groups (broad SMARTS) is 1. The van der Waals surface area contributed by atoms with Crippen molar-refractivity contribution in [2.75, 3.05) is 16.6 Å². The van der Waals surface area contributed by atoms with Gasteiger partial charge in [0.05, 0.1) is 29.1 Å². The number of benzene rings is 1. The minimum Gasteiger partial charge on any atom is -0.480 e. The topological polar surface area (TPSA) is 220 Å². The molecular weight excluding hydrogens is 584 g/mol. The number of carbonyl (C=O) groups is 2. The van der Waals surface area contributed by atoms with Gasteiger partial charge < -0.3 is 31.6 Å². The summed E-state index contributed by atoms with van der Waals surface area (Å²) >= 11 is 0.985. The van der Waals surface area contributed by atoms with E-state index in [1.165, 1.54) is 23.6 Å². The van der Waals surface area contributed by atoms with E-state index in [1.807, 2.05) is 12.1 Å². The number of nitrogens with one attached hydrogen (secondary N) is 4. The molecule has 0 saturated heterocycles. The number of aryl methyl sites for hydroxylation is 1. The number of furan rings is 1. The van der Waals surface area contributed by atoms with Crippen LogP contribution in [0.5, 0.6) is 0 Å². The zero-order chi connectivity index (χ0) is 30.3. The number of aromatic nitrogens is 2. The van der Waals surface area contributed by atoms with Gasteiger partial charge in [-0.3, -0.25) is 19.5 Å². The molecule has 9 N–H and O–H groups in total. The number of amides is 1. The van der Waals surface area contributed by atoms with Gasteiger partial charge in [0.2, 0.25) is 0 Å². The molecule has 42 heavy (non-hydrogen) atoms. The van der Waals surface area contributed by atoms with Crippen molar-refractivity contribution in [1.82, 2.24) is 20.4 Å². The highest BCUT2D eigenvalue weighted by Crippen LogP contribution is 2.27. The second kappa shape index (κ2) is 13.6. The number of nitrogens with zero attached hydrogens (tertiary/aromatic N) is 2. The van der Waals surface area contributed by atoms with E-state index in [4.69, 9.17) is 15.9 Å². The molecule has 0 radical (unpaired) electrons. The van der Waals surface area contributed by atoms with E-state index in [2.05, 4.69) is 25.8 Å². The summed E-state index contributed by atoms with van der Waals surface area (Å²) < 4.78 is 36.0. The Balaban J connectivity index is 1.40. The molecule has 0 aliphatic carbocycles. The van der Waals surface area contributed by atoms with E-state index in [0.717, 1.165) is 22.7 Å². The van der Waals surface area contributed by atoms with Crippen LogP contribution in [-0.4, -0.2) is 54.1 Å². The molecule has 224 valence electrons. The Labute approximate surface area is 246 Å². The maximum absolute atomic E-state index is 13.2. The first-order valence-electron chi connectivity index (χ1n) is 12.8. The second-order valence-electron chi connectivity index (χ2n) is 9.26. The average Bonchev–Trinajstić information content (AvgIpc) is 3.70. The maximum atomic E-state index is 13.2. The summed E-state index contributed by atoms with van der Waals surface area (Å²) in [5, 5.41) is 23.9. The van der Waals surface area contributed by atoms with Crippen molar-refractivity contribution in [3.05, 3.63) is 70.7 Å². The third-order valence-electron chi connectivity index (χ3n) is 6.09. The summed E-state index contributed by atoms with van der Waals surface area (Å²) in [6.45, 7) is 0.698. The van der Waals surface area contributed by atoms with Crippen LogP contribution in [0, 0.1) is 0 Å². The summed E-state index contributed by atoms with van der Waals surface area (Å²) in [6, 6.07) is 12.0. The normalized spacial score (nSPS) is 12.3. The first-order valence-corrected chi connectivity index (χ1v) is 15.2. The quantitative estimate of drug-likeness (QED) is 0.0755. The van der Waals surface area contributed by atoms with Crippen LogP contribution >= 0.6 is 11.3 Å². The first-order chi connectivity index (χ1) is 20.0. The van der Waals surface area contributed by atoms with Gasteiger partial charge >= 0.3 is 5.97 Å². The fraction of sp³-hybridized carbons (Fsp3) is 0.269. The molecule has 1 amide bonds. The van der Waals surface area contributed by atoms with E-state index in [9.17, 15) is 23.1 Å². The zero-order valence-corrected chi connectivity index (χ0v) is 24.2. The lowest BCUT2D eigenvalue weighted by Crippen LogP contribution is -2.46. The average molecular weight is 617 g/mol. The monoisotopic (exact) mass is 616 g/mol. The zero-order valence-electron chi connectivity index (χ0n) is 22.6. The third-order valence-corrected chi connectivity index (χ3v) is 8.37. The van der Waals surface area contributed by atoms with E-state index in [0.29, 0.717) is 31.0 Å². The number of sulfonamides is 1. The molecule has 14 nitrogen and oxygen atoms in total. The molecule has 0 bridgehead atoms. The van der Waals surface area contributed by atoms with Crippen molar-refractivity contribution in [1.29, 1.82) is 0 Å². The summed E-state index contributed by atoms with van der Waals surface area (Å²) in [7, 11) is -2.29. The van der Waals surface area contributed by atoms with Crippen LogP contribution in [0.4, 0.5) is 11.4 Å². The van der Waals surface area contributed by atoms with Gasteiger partial charge in [-0.15, -0.1) is 11.3 Å². The molecule has 0 spiro atoms. The molecule has 0 saturated carbocycles. The second-order valence-corrected chi connectivity index (χ2v) is 11.9. The number of nitrogens with two attached hydrogens (primary N) is 2. The predicted molar refractivity (Wildman–Crippen MR) is 158 cm³/mol. The lowest BCUT2D eigenvalue weighted by Gasteiger charge is -2.16. The Morgan fingerprint density at radius 1 is 1.17 bits per heavy atom. The predicted octanol–water partition coefficient (Wildman–Crippen LogP) is 1.91. The van der Waals surface area contributed by atoms with Gasteiger partial charge in [0.25, 0.3) is 15.9 Å². The molecule has 3 aromatic heterocycles. The maximum Gasteiger partial charge on any atom is 0.326 e. The van der Waals surface area contributed by atoms with Gasteiger partial charge in [-0.1, -0.05) is 6.07 Å². The Bertz CT molecular complexity index is 1610. The summed E-state index contributed by atoms with van der Waals surface area (Å²) in [6.07, 6.45) is 1.36. The van der Waals surface area contributed by atoms with Crippen LogP contribution in [-0.2, 0) is 28.4 Å². The number of hydrogen-bond acceptors (Lipinski definition) is 11. The van der Waals surface area contributed by atoms with Gasteiger partial charge in [0.1, 0.15) is 22.9 Å². The Hall–Kier alpha value is -4.22. The lowest BCUT2D eigenvalue weighted by molar-refractivity contribution is -0.139. The minimum absolute atomic E-state index is 0.0311. The van der Waals surface area contributed by atoms with Crippen molar-refractivity contribution < 1.29 is 27.5 Å². The summed E-state index contributed by atoms with van der Waals surface area (Å²) in [5.74, 6) is -1.25. The largest absolute Gasteiger partial charge is 0.480 e. The standard InChI is InChI=1S/C26H32N8O6S2/c1-34-21(22-8-4-11-40-22)14-17(32-34)15-30-16-5-2-6-18(13-16)42(38,39)33-19-9-12-41-23(19)24(35)31-20(25(36)37)7-3-10-29-26(27)28/h2,4-6,8-9,11-14,20,26,29-30,33H,3,7,10,15,27-28H2,1H3,(H,31,35)(H,36,37)/t20-/m0/s1. The highest BCUT2D eigenvalue weighted by atomic mass is 32.2. The van der Waals surface area contributed by atoms with E-state index >= 15 is 0 Å².